The third-order valence-corrected chi connectivity index (χ3v) is 8.19. The molecule has 1 aromatic rings. The molecule has 0 aliphatic rings. The van der Waals surface area contributed by atoms with Crippen LogP contribution in [0.4, 0.5) is 0 Å². The van der Waals surface area contributed by atoms with Gasteiger partial charge in [-0.1, -0.05) is 34.6 Å². The van der Waals surface area contributed by atoms with E-state index in [0.717, 1.165) is 10.6 Å². The number of Topliss-reactive ketones (excluding diaryl/α,β-unsaturated/α-hetero) is 1. The molecule has 0 saturated heterocycles. The lowest BCUT2D eigenvalue weighted by molar-refractivity contribution is -0.118. The topological polar surface area (TPSA) is 64.1 Å². The first-order chi connectivity index (χ1) is 10.3. The fourth-order valence-corrected chi connectivity index (χ4v) is 5.63. The van der Waals surface area contributed by atoms with Crippen LogP contribution < -0.4 is 0 Å². The monoisotopic (exact) mass is 359 g/mol. The molecule has 0 radical (unpaired) electrons. The summed E-state index contributed by atoms with van der Waals surface area (Å²) in [4.78, 5) is 18.3. The summed E-state index contributed by atoms with van der Waals surface area (Å²) in [6, 6.07) is 0. The average Bonchev–Trinajstić information content (AvgIpc) is 2.68. The van der Waals surface area contributed by atoms with Gasteiger partial charge in [-0.05, 0) is 32.1 Å². The van der Waals surface area contributed by atoms with Gasteiger partial charge in [0.2, 0.25) is 0 Å². The number of nitrogens with zero attached hydrogens (tertiary/aromatic N) is 1. The number of carbonyl (C=O) groups is 1. The highest BCUT2D eigenvalue weighted by Gasteiger charge is 2.37. The second-order valence-electron chi connectivity index (χ2n) is 7.72. The van der Waals surface area contributed by atoms with E-state index >= 15 is 0 Å². The molecule has 1 aromatic heterocycles. The molecule has 6 heteroatoms. The average molecular weight is 360 g/mol. The van der Waals surface area contributed by atoms with Crippen molar-refractivity contribution in [2.45, 2.75) is 77.7 Å². The summed E-state index contributed by atoms with van der Waals surface area (Å²) in [5.74, 6) is -0.485. The maximum atomic E-state index is 12.7. The van der Waals surface area contributed by atoms with Crippen LogP contribution in [0.1, 0.15) is 64.0 Å². The van der Waals surface area contributed by atoms with Crippen molar-refractivity contribution in [2.75, 3.05) is 0 Å². The maximum Gasteiger partial charge on any atom is 0.162 e. The zero-order valence-corrected chi connectivity index (χ0v) is 17.1. The predicted molar refractivity (Wildman–Crippen MR) is 96.9 cm³/mol. The van der Waals surface area contributed by atoms with Gasteiger partial charge in [-0.25, -0.2) is 13.4 Å². The Morgan fingerprint density at radius 3 is 2.04 bits per heavy atom. The third kappa shape index (κ3) is 4.63. The van der Waals surface area contributed by atoms with Crippen LogP contribution in [-0.2, 0) is 26.5 Å². The molecular formula is C17H29NO3S2. The van der Waals surface area contributed by atoms with Crippen LogP contribution in [0.25, 0.3) is 0 Å². The number of aromatic nitrogens is 1. The fraction of sp³-hybridized carbons (Fsp3) is 0.765. The number of aryl methyl sites for hydroxylation is 1. The van der Waals surface area contributed by atoms with Gasteiger partial charge in [0.05, 0.1) is 17.4 Å². The van der Waals surface area contributed by atoms with Crippen LogP contribution in [0.5, 0.6) is 0 Å². The smallest absolute Gasteiger partial charge is 0.162 e. The Bertz CT molecular complexity index is 665. The number of sulfone groups is 1. The first-order valence-electron chi connectivity index (χ1n) is 8.00. The first kappa shape index (κ1) is 20.3. The minimum Gasteiger partial charge on any atom is -0.298 e. The van der Waals surface area contributed by atoms with Crippen molar-refractivity contribution < 1.29 is 13.2 Å². The Kier molecular flexibility index (Phi) is 6.19. The molecule has 0 aromatic carbocycles. The molecule has 23 heavy (non-hydrogen) atoms. The molecular weight excluding hydrogens is 330 g/mol. The predicted octanol–water partition coefficient (Wildman–Crippen LogP) is 3.71. The molecule has 1 unspecified atom stereocenters. The Labute approximate surface area is 144 Å². The molecule has 4 nitrogen and oxygen atoms in total. The minimum absolute atomic E-state index is 0.0233. The summed E-state index contributed by atoms with van der Waals surface area (Å²) in [7, 11) is -3.46. The largest absolute Gasteiger partial charge is 0.298 e. The Hall–Kier alpha value is -0.750. The molecule has 0 spiro atoms. The Morgan fingerprint density at radius 1 is 1.17 bits per heavy atom. The highest BCUT2D eigenvalue weighted by Crippen LogP contribution is 2.32. The Morgan fingerprint density at radius 2 is 1.70 bits per heavy atom. The third-order valence-electron chi connectivity index (χ3n) is 3.78. The van der Waals surface area contributed by atoms with Crippen molar-refractivity contribution in [2.24, 2.45) is 5.92 Å². The highest BCUT2D eigenvalue weighted by atomic mass is 32.2. The normalized spacial score (nSPS) is 14.5. The molecule has 0 N–H and O–H groups in total. The van der Waals surface area contributed by atoms with E-state index in [2.05, 4.69) is 25.8 Å². The van der Waals surface area contributed by atoms with Crippen molar-refractivity contribution >= 4 is 27.0 Å². The van der Waals surface area contributed by atoms with E-state index in [0.29, 0.717) is 5.01 Å². The van der Waals surface area contributed by atoms with Crippen molar-refractivity contribution in [3.05, 3.63) is 15.6 Å². The molecule has 0 bridgehead atoms. The van der Waals surface area contributed by atoms with Crippen molar-refractivity contribution in [3.63, 3.8) is 0 Å². The highest BCUT2D eigenvalue weighted by molar-refractivity contribution is 7.93. The Balaban J connectivity index is 3.11. The van der Waals surface area contributed by atoms with Crippen LogP contribution in [0.15, 0.2) is 0 Å². The molecule has 0 aliphatic carbocycles. The van der Waals surface area contributed by atoms with E-state index in [9.17, 15) is 13.2 Å². The van der Waals surface area contributed by atoms with Gasteiger partial charge < -0.3 is 0 Å². The molecule has 1 atom stereocenters. The number of ketones is 1. The van der Waals surface area contributed by atoms with Crippen molar-refractivity contribution in [3.8, 4) is 0 Å². The number of hydrogen-bond donors (Lipinski definition) is 0. The van der Waals surface area contributed by atoms with Gasteiger partial charge in [-0.15, -0.1) is 11.3 Å². The van der Waals surface area contributed by atoms with Crippen molar-refractivity contribution in [1.82, 2.24) is 4.98 Å². The summed E-state index contributed by atoms with van der Waals surface area (Å²) < 4.78 is 25.0. The van der Waals surface area contributed by atoms with Crippen LogP contribution in [0.2, 0.25) is 0 Å². The van der Waals surface area contributed by atoms with Crippen LogP contribution >= 0.6 is 11.3 Å². The molecule has 0 fully saturated rings. The zero-order chi connectivity index (χ0) is 18.2. The summed E-state index contributed by atoms with van der Waals surface area (Å²) in [5.41, 5.74) is 0.906. The fourth-order valence-electron chi connectivity index (χ4n) is 2.70. The van der Waals surface area contributed by atoms with E-state index in [1.165, 1.54) is 11.3 Å². The summed E-state index contributed by atoms with van der Waals surface area (Å²) in [5, 5.41) is -0.797. The lowest BCUT2D eigenvalue weighted by Crippen LogP contribution is -2.40. The lowest BCUT2D eigenvalue weighted by Gasteiger charge is -2.22. The SMILES string of the molecule is Cc1nc(CC(=O)C(C(C)C)S(=O)(=O)C(C)C)sc1C(C)(C)C. The maximum absolute atomic E-state index is 12.7. The second kappa shape index (κ2) is 7.01. The first-order valence-corrected chi connectivity index (χ1v) is 10.4. The molecule has 1 rings (SSSR count). The summed E-state index contributed by atoms with van der Waals surface area (Å²) in [6.07, 6.45) is 0.0936. The van der Waals surface area contributed by atoms with Gasteiger partial charge in [-0.2, -0.15) is 0 Å². The summed E-state index contributed by atoms with van der Waals surface area (Å²) >= 11 is 1.52. The van der Waals surface area contributed by atoms with Crippen LogP contribution in [-0.4, -0.2) is 29.7 Å². The number of thiazole rings is 1. The van der Waals surface area contributed by atoms with E-state index in [1.807, 2.05) is 6.92 Å². The standard InChI is InChI=1S/C17H29NO3S2/c1-10(2)15(23(20,21)11(3)4)13(19)9-14-18-12(5)16(22-14)17(6,7)8/h10-11,15H,9H2,1-8H3. The zero-order valence-electron chi connectivity index (χ0n) is 15.4. The van der Waals surface area contributed by atoms with Gasteiger partial charge in [0.1, 0.15) is 10.3 Å². The van der Waals surface area contributed by atoms with E-state index in [4.69, 9.17) is 0 Å². The van der Waals surface area contributed by atoms with E-state index in [-0.39, 0.29) is 23.5 Å². The molecule has 0 aliphatic heterocycles. The quantitative estimate of drug-likeness (QED) is 0.777. The van der Waals surface area contributed by atoms with E-state index < -0.39 is 20.3 Å². The van der Waals surface area contributed by atoms with Gasteiger partial charge in [-0.3, -0.25) is 4.79 Å². The van der Waals surface area contributed by atoms with E-state index in [1.54, 1.807) is 27.7 Å². The lowest BCUT2D eigenvalue weighted by atomic mass is 9.93. The molecule has 0 amide bonds. The number of hydrogen-bond acceptors (Lipinski definition) is 5. The van der Waals surface area contributed by atoms with Gasteiger partial charge in [0, 0.05) is 4.88 Å². The van der Waals surface area contributed by atoms with Gasteiger partial charge in [0.15, 0.2) is 15.6 Å². The van der Waals surface area contributed by atoms with Gasteiger partial charge >= 0.3 is 0 Å². The molecule has 132 valence electrons. The van der Waals surface area contributed by atoms with Crippen molar-refractivity contribution in [1.29, 1.82) is 0 Å². The van der Waals surface area contributed by atoms with Crippen LogP contribution in [0, 0.1) is 12.8 Å². The number of carbonyl (C=O) groups excluding carboxylic acids is 1. The number of rotatable bonds is 6. The second-order valence-corrected chi connectivity index (χ2v) is 11.4. The molecule has 1 heterocycles. The van der Waals surface area contributed by atoms with Crippen LogP contribution in [0.3, 0.4) is 0 Å². The summed E-state index contributed by atoms with van der Waals surface area (Å²) in [6.45, 7) is 15.1. The van der Waals surface area contributed by atoms with Gasteiger partial charge in [0.25, 0.3) is 0 Å². The molecule has 0 saturated carbocycles. The minimum atomic E-state index is -3.46.